The second kappa shape index (κ2) is 9.06. The van der Waals surface area contributed by atoms with Gasteiger partial charge in [0.15, 0.2) is 15.8 Å². The minimum Gasteiger partial charge on any atom is -0.356 e. The summed E-state index contributed by atoms with van der Waals surface area (Å²) in [6, 6.07) is 0.178. The molecule has 26 heavy (non-hydrogen) atoms. The van der Waals surface area contributed by atoms with E-state index in [0.29, 0.717) is 37.6 Å². The summed E-state index contributed by atoms with van der Waals surface area (Å²) in [5, 5.41) is 9.79. The van der Waals surface area contributed by atoms with Crippen molar-refractivity contribution in [1.29, 1.82) is 0 Å². The van der Waals surface area contributed by atoms with Gasteiger partial charge < -0.3 is 16.0 Å². The topological polar surface area (TPSA) is 99.7 Å². The lowest BCUT2D eigenvalue weighted by atomic mass is 9.89. The van der Waals surface area contributed by atoms with E-state index in [4.69, 9.17) is 0 Å². The third-order valence-corrected chi connectivity index (χ3v) is 7.56. The summed E-state index contributed by atoms with van der Waals surface area (Å²) in [5.74, 6) is 2.23. The Bertz CT molecular complexity index is 604. The predicted molar refractivity (Wildman–Crippen MR) is 103 cm³/mol. The zero-order valence-corrected chi connectivity index (χ0v) is 16.3. The summed E-state index contributed by atoms with van der Waals surface area (Å²) in [7, 11) is -2.86. The van der Waals surface area contributed by atoms with Gasteiger partial charge in [-0.1, -0.05) is 19.3 Å². The largest absolute Gasteiger partial charge is 0.356 e. The highest BCUT2D eigenvalue weighted by Crippen LogP contribution is 2.23. The lowest BCUT2D eigenvalue weighted by molar-refractivity contribution is -0.122. The fourth-order valence-corrected chi connectivity index (χ4v) is 5.92. The minimum atomic E-state index is -2.86. The highest BCUT2D eigenvalue weighted by molar-refractivity contribution is 7.91. The Morgan fingerprint density at radius 2 is 1.92 bits per heavy atom. The molecule has 1 saturated carbocycles. The number of piperidine rings is 1. The first-order valence-electron chi connectivity index (χ1n) is 10.0. The number of hydrogen-bond acceptors (Lipinski definition) is 4. The van der Waals surface area contributed by atoms with Gasteiger partial charge >= 0.3 is 0 Å². The summed E-state index contributed by atoms with van der Waals surface area (Å²) in [5.41, 5.74) is 0. The maximum atomic E-state index is 11.6. The molecule has 0 aromatic rings. The molecule has 3 rings (SSSR count). The van der Waals surface area contributed by atoms with Crippen molar-refractivity contribution >= 4 is 21.7 Å². The first-order valence-corrected chi connectivity index (χ1v) is 11.8. The van der Waals surface area contributed by atoms with Gasteiger partial charge in [-0.25, -0.2) is 8.42 Å². The van der Waals surface area contributed by atoms with Crippen LogP contribution < -0.4 is 16.0 Å². The number of amides is 1. The molecule has 3 N–H and O–H groups in total. The van der Waals surface area contributed by atoms with E-state index in [1.165, 1.54) is 32.1 Å². The number of rotatable bonds is 5. The number of sulfone groups is 1. The molecule has 0 spiro atoms. The van der Waals surface area contributed by atoms with Crippen molar-refractivity contribution in [1.82, 2.24) is 16.0 Å². The first-order chi connectivity index (χ1) is 12.5. The number of carbonyl (C=O) groups is 1. The number of carbonyl (C=O) groups excluding carboxylic acids is 1. The van der Waals surface area contributed by atoms with Crippen molar-refractivity contribution < 1.29 is 13.2 Å². The van der Waals surface area contributed by atoms with Gasteiger partial charge in [-0.05, 0) is 37.5 Å². The van der Waals surface area contributed by atoms with E-state index in [9.17, 15) is 13.2 Å². The normalized spacial score (nSPS) is 30.0. The molecule has 0 aromatic carbocycles. The molecule has 0 aromatic heterocycles. The Balaban J connectivity index is 1.54. The van der Waals surface area contributed by atoms with E-state index < -0.39 is 9.84 Å². The van der Waals surface area contributed by atoms with Crippen LogP contribution in [0.1, 0.15) is 51.4 Å². The Hall–Kier alpha value is -1.31. The lowest BCUT2D eigenvalue weighted by Crippen LogP contribution is -2.52. The Labute approximate surface area is 156 Å². The van der Waals surface area contributed by atoms with Gasteiger partial charge in [-0.3, -0.25) is 9.79 Å². The maximum Gasteiger partial charge on any atom is 0.220 e. The van der Waals surface area contributed by atoms with Crippen LogP contribution in [0.25, 0.3) is 0 Å². The Morgan fingerprint density at radius 3 is 2.58 bits per heavy atom. The minimum absolute atomic E-state index is 0.105. The third kappa shape index (κ3) is 6.14. The Morgan fingerprint density at radius 1 is 1.12 bits per heavy atom. The van der Waals surface area contributed by atoms with Gasteiger partial charge in [-0.15, -0.1) is 0 Å². The van der Waals surface area contributed by atoms with E-state index in [1.807, 2.05) is 0 Å². The summed E-state index contributed by atoms with van der Waals surface area (Å²) in [6.07, 6.45) is 8.53. The van der Waals surface area contributed by atoms with Crippen LogP contribution >= 0.6 is 0 Å². The molecule has 2 heterocycles. The SMILES string of the molecule is O=C1CCC(NC(=NCC2CCS(=O)(=O)C2)NCC2CCCCC2)CN1. The average Bonchev–Trinajstić information content (AvgIpc) is 2.99. The van der Waals surface area contributed by atoms with Crippen LogP contribution in [0.5, 0.6) is 0 Å². The molecule has 3 fully saturated rings. The first kappa shape index (κ1) is 19.5. The van der Waals surface area contributed by atoms with E-state index in [2.05, 4.69) is 20.9 Å². The van der Waals surface area contributed by atoms with Crippen molar-refractivity contribution in [2.75, 3.05) is 31.1 Å². The van der Waals surface area contributed by atoms with Crippen molar-refractivity contribution in [3.05, 3.63) is 0 Å². The van der Waals surface area contributed by atoms with Gasteiger partial charge in [-0.2, -0.15) is 0 Å². The van der Waals surface area contributed by atoms with Crippen molar-refractivity contribution in [2.45, 2.75) is 57.4 Å². The third-order valence-electron chi connectivity index (χ3n) is 5.72. The summed E-state index contributed by atoms with van der Waals surface area (Å²) >= 11 is 0. The van der Waals surface area contributed by atoms with E-state index in [1.54, 1.807) is 0 Å². The van der Waals surface area contributed by atoms with Crippen LogP contribution in [0, 0.1) is 11.8 Å². The van der Waals surface area contributed by atoms with Crippen molar-refractivity contribution in [2.24, 2.45) is 16.8 Å². The molecule has 148 valence electrons. The Kier molecular flexibility index (Phi) is 6.78. The number of guanidine groups is 1. The van der Waals surface area contributed by atoms with Crippen LogP contribution in [0.2, 0.25) is 0 Å². The van der Waals surface area contributed by atoms with Gasteiger partial charge in [0.05, 0.1) is 11.5 Å². The van der Waals surface area contributed by atoms with E-state index in [0.717, 1.165) is 18.9 Å². The van der Waals surface area contributed by atoms with Crippen LogP contribution in [0.4, 0.5) is 0 Å². The molecular formula is C18H32N4O3S. The summed E-state index contributed by atoms with van der Waals surface area (Å²) < 4.78 is 23.3. The number of aliphatic imine (C=N–C) groups is 1. The predicted octanol–water partition coefficient (Wildman–Crippen LogP) is 0.815. The van der Waals surface area contributed by atoms with Gasteiger partial charge in [0, 0.05) is 32.1 Å². The fourth-order valence-electron chi connectivity index (χ4n) is 4.07. The zero-order valence-electron chi connectivity index (χ0n) is 15.5. The fraction of sp³-hybridized carbons (Fsp3) is 0.889. The van der Waals surface area contributed by atoms with Crippen LogP contribution in [0.3, 0.4) is 0 Å². The van der Waals surface area contributed by atoms with E-state index >= 15 is 0 Å². The smallest absolute Gasteiger partial charge is 0.220 e. The van der Waals surface area contributed by atoms with Crippen molar-refractivity contribution in [3.63, 3.8) is 0 Å². The highest BCUT2D eigenvalue weighted by atomic mass is 32.2. The molecule has 8 heteroatoms. The number of hydrogen-bond donors (Lipinski definition) is 3. The second-order valence-electron chi connectivity index (χ2n) is 8.03. The van der Waals surface area contributed by atoms with Crippen LogP contribution in [-0.4, -0.2) is 57.5 Å². The number of nitrogens with one attached hydrogen (secondary N) is 3. The standard InChI is InChI=1S/C18H32N4O3S/c23-17-7-6-16(12-19-17)22-18(20-10-14-4-2-1-3-5-14)21-11-15-8-9-26(24,25)13-15/h14-16H,1-13H2,(H,19,23)(H2,20,21,22). The highest BCUT2D eigenvalue weighted by Gasteiger charge is 2.28. The van der Waals surface area contributed by atoms with Crippen molar-refractivity contribution in [3.8, 4) is 0 Å². The molecule has 7 nitrogen and oxygen atoms in total. The molecule has 3 aliphatic rings. The maximum absolute atomic E-state index is 11.6. The molecule has 0 bridgehead atoms. The van der Waals surface area contributed by atoms with Gasteiger partial charge in [0.2, 0.25) is 5.91 Å². The zero-order chi connectivity index (χ0) is 18.4. The molecule has 2 saturated heterocycles. The van der Waals surface area contributed by atoms with Gasteiger partial charge in [0.1, 0.15) is 0 Å². The molecule has 2 atom stereocenters. The quantitative estimate of drug-likeness (QED) is 0.481. The van der Waals surface area contributed by atoms with Crippen LogP contribution in [-0.2, 0) is 14.6 Å². The average molecular weight is 385 g/mol. The lowest BCUT2D eigenvalue weighted by Gasteiger charge is -2.27. The molecule has 2 aliphatic heterocycles. The molecular weight excluding hydrogens is 352 g/mol. The molecule has 0 radical (unpaired) electrons. The van der Waals surface area contributed by atoms with Gasteiger partial charge in [0.25, 0.3) is 0 Å². The molecule has 1 amide bonds. The summed E-state index contributed by atoms with van der Waals surface area (Å²) in [4.78, 5) is 16.0. The number of nitrogens with zero attached hydrogens (tertiary/aromatic N) is 1. The summed E-state index contributed by atoms with van der Waals surface area (Å²) in [6.45, 7) is 2.06. The monoisotopic (exact) mass is 384 g/mol. The van der Waals surface area contributed by atoms with E-state index in [-0.39, 0.29) is 23.6 Å². The second-order valence-corrected chi connectivity index (χ2v) is 10.3. The molecule has 2 unspecified atom stereocenters. The molecule has 1 aliphatic carbocycles. The van der Waals surface area contributed by atoms with Crippen LogP contribution in [0.15, 0.2) is 4.99 Å².